The number of hydroxylamine groups is 2. The molecule has 0 bridgehead atoms. The van der Waals surface area contributed by atoms with Crippen LogP contribution in [0.3, 0.4) is 0 Å². The Morgan fingerprint density at radius 3 is 2.90 bits per heavy atom. The van der Waals surface area contributed by atoms with Crippen LogP contribution >= 0.6 is 0 Å². The molecule has 0 N–H and O–H groups in total. The first kappa shape index (κ1) is 14.0. The minimum Gasteiger partial charge on any atom is -0.464 e. The van der Waals surface area contributed by atoms with Gasteiger partial charge in [0.15, 0.2) is 6.10 Å². The van der Waals surface area contributed by atoms with Gasteiger partial charge in [0.2, 0.25) is 0 Å². The van der Waals surface area contributed by atoms with Gasteiger partial charge in [0, 0.05) is 13.5 Å². The Morgan fingerprint density at radius 1 is 1.29 bits per heavy atom. The van der Waals surface area contributed by atoms with Gasteiger partial charge in [-0.15, -0.1) is 0 Å². The van der Waals surface area contributed by atoms with Crippen LogP contribution in [0.5, 0.6) is 0 Å². The molecule has 1 saturated heterocycles. The highest BCUT2D eigenvalue weighted by Gasteiger charge is 2.38. The standard InChI is InChI=1S/C17H19NO3/c1-3-20-17(19)16-11-15(18(2)21-16)14-10-9-12-7-5-4-6-8-13(12)14/h4-10,15-16H,3,11H2,1-2H3. The maximum absolute atomic E-state index is 11.8. The molecule has 0 saturated carbocycles. The quantitative estimate of drug-likeness (QED) is 0.813. The lowest BCUT2D eigenvalue weighted by Gasteiger charge is -2.17. The van der Waals surface area contributed by atoms with Gasteiger partial charge >= 0.3 is 5.97 Å². The first-order valence-electron chi connectivity index (χ1n) is 7.24. The number of hydrogen-bond donors (Lipinski definition) is 0. The lowest BCUT2D eigenvalue weighted by molar-refractivity contribution is -0.181. The number of nitrogens with zero attached hydrogens (tertiary/aromatic N) is 1. The minimum absolute atomic E-state index is 0.0688. The Bertz CT molecular complexity index is 613. The summed E-state index contributed by atoms with van der Waals surface area (Å²) in [6, 6.07) is 14.6. The van der Waals surface area contributed by atoms with Crippen molar-refractivity contribution in [2.75, 3.05) is 13.7 Å². The number of ether oxygens (including phenoxy) is 1. The van der Waals surface area contributed by atoms with E-state index in [9.17, 15) is 4.79 Å². The molecule has 0 aromatic carbocycles. The van der Waals surface area contributed by atoms with Crippen molar-refractivity contribution in [3.63, 3.8) is 0 Å². The second kappa shape index (κ2) is 5.84. The molecule has 2 atom stereocenters. The van der Waals surface area contributed by atoms with E-state index in [-0.39, 0.29) is 12.0 Å². The molecule has 1 fully saturated rings. The minimum atomic E-state index is -0.512. The summed E-state index contributed by atoms with van der Waals surface area (Å²) in [5.74, 6) is -0.284. The molecule has 0 aromatic heterocycles. The van der Waals surface area contributed by atoms with Crippen LogP contribution in [0.2, 0.25) is 0 Å². The van der Waals surface area contributed by atoms with E-state index in [1.807, 2.05) is 25.2 Å². The molecule has 0 aromatic rings. The van der Waals surface area contributed by atoms with E-state index in [2.05, 4.69) is 24.3 Å². The summed E-state index contributed by atoms with van der Waals surface area (Å²) < 4.78 is 5.05. The van der Waals surface area contributed by atoms with E-state index >= 15 is 0 Å². The third-order valence-corrected chi connectivity index (χ3v) is 3.90. The number of esters is 1. The number of carbonyl (C=O) groups is 1. The number of rotatable bonds is 3. The molecule has 1 heterocycles. The fourth-order valence-corrected chi connectivity index (χ4v) is 2.90. The average molecular weight is 285 g/mol. The SMILES string of the molecule is CCOC(=O)C1CC(c2ccc3cccccc2-3)N(C)O1. The second-order valence-electron chi connectivity index (χ2n) is 5.21. The van der Waals surface area contributed by atoms with Crippen molar-refractivity contribution in [3.05, 3.63) is 48.0 Å². The zero-order chi connectivity index (χ0) is 14.8. The largest absolute Gasteiger partial charge is 0.464 e. The Kier molecular flexibility index (Phi) is 3.90. The van der Waals surface area contributed by atoms with Crippen molar-refractivity contribution in [1.29, 1.82) is 0 Å². The summed E-state index contributed by atoms with van der Waals surface area (Å²) in [5, 5.41) is 1.77. The van der Waals surface area contributed by atoms with E-state index in [0.717, 1.165) is 0 Å². The molecular formula is C17H19NO3. The number of hydrogen-bond acceptors (Lipinski definition) is 4. The summed E-state index contributed by atoms with van der Waals surface area (Å²) in [4.78, 5) is 17.5. The molecule has 3 rings (SSSR count). The van der Waals surface area contributed by atoms with Gasteiger partial charge in [0.1, 0.15) is 0 Å². The lowest BCUT2D eigenvalue weighted by atomic mass is 9.99. The van der Waals surface area contributed by atoms with E-state index in [1.165, 1.54) is 16.7 Å². The predicted octanol–water partition coefficient (Wildman–Crippen LogP) is 3.03. The molecular weight excluding hydrogens is 266 g/mol. The van der Waals surface area contributed by atoms with Crippen LogP contribution in [0.1, 0.15) is 24.9 Å². The van der Waals surface area contributed by atoms with Crippen molar-refractivity contribution in [2.24, 2.45) is 0 Å². The zero-order valence-corrected chi connectivity index (χ0v) is 12.3. The van der Waals surface area contributed by atoms with Crippen LogP contribution in [0.4, 0.5) is 0 Å². The van der Waals surface area contributed by atoms with Gasteiger partial charge in [-0.25, -0.2) is 4.79 Å². The van der Waals surface area contributed by atoms with Gasteiger partial charge in [-0.3, -0.25) is 4.84 Å². The zero-order valence-electron chi connectivity index (χ0n) is 12.3. The summed E-state index contributed by atoms with van der Waals surface area (Å²) in [7, 11) is 1.87. The highest BCUT2D eigenvalue weighted by atomic mass is 16.7. The molecule has 4 nitrogen and oxygen atoms in total. The van der Waals surface area contributed by atoms with Crippen LogP contribution in [-0.2, 0) is 14.4 Å². The van der Waals surface area contributed by atoms with Gasteiger partial charge in [0.25, 0.3) is 0 Å². The topological polar surface area (TPSA) is 38.8 Å². The molecule has 0 spiro atoms. The molecule has 3 aliphatic rings. The van der Waals surface area contributed by atoms with Crippen LogP contribution in [0.15, 0.2) is 42.5 Å². The molecule has 2 aliphatic carbocycles. The normalized spacial score (nSPS) is 22.6. The summed E-state index contributed by atoms with van der Waals surface area (Å²) in [5.41, 5.74) is 3.59. The maximum Gasteiger partial charge on any atom is 0.337 e. The average Bonchev–Trinajstić information content (AvgIpc) is 2.95. The van der Waals surface area contributed by atoms with Crippen LogP contribution < -0.4 is 0 Å². The second-order valence-corrected chi connectivity index (χ2v) is 5.21. The molecule has 1 aliphatic heterocycles. The highest BCUT2D eigenvalue weighted by molar-refractivity contribution is 5.76. The van der Waals surface area contributed by atoms with Gasteiger partial charge in [0.05, 0.1) is 12.6 Å². The smallest absolute Gasteiger partial charge is 0.337 e. The van der Waals surface area contributed by atoms with Crippen molar-refractivity contribution in [2.45, 2.75) is 25.5 Å². The monoisotopic (exact) mass is 285 g/mol. The highest BCUT2D eigenvalue weighted by Crippen LogP contribution is 2.40. The van der Waals surface area contributed by atoms with Crippen molar-refractivity contribution in [1.82, 2.24) is 5.06 Å². The Labute approximate surface area is 124 Å². The molecule has 2 unspecified atom stereocenters. The van der Waals surface area contributed by atoms with Crippen molar-refractivity contribution >= 4 is 5.97 Å². The van der Waals surface area contributed by atoms with E-state index in [4.69, 9.17) is 9.57 Å². The molecule has 0 amide bonds. The fourth-order valence-electron chi connectivity index (χ4n) is 2.90. The van der Waals surface area contributed by atoms with Crippen LogP contribution in [0.25, 0.3) is 11.1 Å². The van der Waals surface area contributed by atoms with Crippen molar-refractivity contribution < 1.29 is 14.4 Å². The van der Waals surface area contributed by atoms with Crippen LogP contribution in [-0.4, -0.2) is 30.8 Å². The van der Waals surface area contributed by atoms with E-state index in [0.29, 0.717) is 13.0 Å². The third-order valence-electron chi connectivity index (χ3n) is 3.90. The predicted molar refractivity (Wildman–Crippen MR) is 79.7 cm³/mol. The van der Waals surface area contributed by atoms with Crippen LogP contribution in [0, 0.1) is 0 Å². The van der Waals surface area contributed by atoms with Gasteiger partial charge < -0.3 is 4.74 Å². The van der Waals surface area contributed by atoms with Gasteiger partial charge in [-0.05, 0) is 23.6 Å². The first-order valence-corrected chi connectivity index (χ1v) is 7.24. The fraction of sp³-hybridized carbons (Fsp3) is 0.353. The Hall–Kier alpha value is -1.91. The Morgan fingerprint density at radius 2 is 2.10 bits per heavy atom. The number of carbonyl (C=O) groups excluding carboxylic acids is 1. The number of fused-ring (bicyclic) bond motifs is 1. The lowest BCUT2D eigenvalue weighted by Crippen LogP contribution is -2.24. The summed E-state index contributed by atoms with van der Waals surface area (Å²) in [6.45, 7) is 2.18. The Balaban J connectivity index is 1.86. The molecule has 21 heavy (non-hydrogen) atoms. The van der Waals surface area contributed by atoms with E-state index in [1.54, 1.807) is 12.0 Å². The molecule has 110 valence electrons. The summed E-state index contributed by atoms with van der Waals surface area (Å²) >= 11 is 0. The van der Waals surface area contributed by atoms with Crippen molar-refractivity contribution in [3.8, 4) is 11.1 Å². The maximum atomic E-state index is 11.8. The van der Waals surface area contributed by atoms with E-state index < -0.39 is 6.10 Å². The van der Waals surface area contributed by atoms with Gasteiger partial charge in [-0.2, -0.15) is 5.06 Å². The first-order chi connectivity index (χ1) is 10.2. The summed E-state index contributed by atoms with van der Waals surface area (Å²) in [6.07, 6.45) is 0.106. The molecule has 4 heteroatoms. The van der Waals surface area contributed by atoms with Gasteiger partial charge in [-0.1, -0.05) is 42.5 Å². The molecule has 0 radical (unpaired) electrons. The third kappa shape index (κ3) is 2.64.